The summed E-state index contributed by atoms with van der Waals surface area (Å²) in [6.07, 6.45) is 1.81. The Kier molecular flexibility index (Phi) is 8.46. The highest BCUT2D eigenvalue weighted by atomic mass is 35.5. The van der Waals surface area contributed by atoms with Crippen LogP contribution in [0.2, 0.25) is 5.02 Å². The molecular formula is C27H27ClF2N6O5S2. The summed E-state index contributed by atoms with van der Waals surface area (Å²) < 4.78 is 79.5. The molecule has 2 aromatic carbocycles. The van der Waals surface area contributed by atoms with Crippen LogP contribution in [-0.2, 0) is 33.3 Å². The van der Waals surface area contributed by atoms with Crippen LogP contribution in [0.3, 0.4) is 0 Å². The van der Waals surface area contributed by atoms with Gasteiger partial charge in [0.1, 0.15) is 27.9 Å². The maximum absolute atomic E-state index is 13.9. The second-order valence-electron chi connectivity index (χ2n) is 10.4. The van der Waals surface area contributed by atoms with Gasteiger partial charge in [0.15, 0.2) is 15.7 Å². The van der Waals surface area contributed by atoms with E-state index in [4.69, 9.17) is 17.3 Å². The van der Waals surface area contributed by atoms with Crippen molar-refractivity contribution in [3.63, 3.8) is 0 Å². The SMILES string of the molecule is Cn1nc(NS(C)(=O)=O)c2c(Cl)ccc(-n3c([C@@H](N)Cc4cc(F)cc(F)c4)nc(C#CC(C)(C)S(C)(=O)=O)cc3=O)c21. The average Bonchev–Trinajstić information content (AvgIpc) is 3.16. The molecule has 2 aromatic heterocycles. The minimum atomic E-state index is -3.76. The summed E-state index contributed by atoms with van der Waals surface area (Å²) in [6.45, 7) is 2.80. The Labute approximate surface area is 251 Å². The highest BCUT2D eigenvalue weighted by molar-refractivity contribution is 7.92. The van der Waals surface area contributed by atoms with Crippen LogP contribution in [0.4, 0.5) is 14.6 Å². The largest absolute Gasteiger partial charge is 0.321 e. The van der Waals surface area contributed by atoms with Crippen molar-refractivity contribution in [3.05, 3.63) is 80.5 Å². The monoisotopic (exact) mass is 652 g/mol. The highest BCUT2D eigenvalue weighted by Crippen LogP contribution is 2.35. The summed E-state index contributed by atoms with van der Waals surface area (Å²) in [4.78, 5) is 18.2. The molecule has 0 saturated heterocycles. The second-order valence-corrected chi connectivity index (χ2v) is 15.2. The van der Waals surface area contributed by atoms with Gasteiger partial charge in [-0.3, -0.25) is 18.8 Å². The topological polar surface area (TPSA) is 159 Å². The summed E-state index contributed by atoms with van der Waals surface area (Å²) in [6, 6.07) is 5.75. The lowest BCUT2D eigenvalue weighted by molar-refractivity contribution is 0.571. The third-order valence-corrected chi connectivity index (χ3v) is 9.35. The van der Waals surface area contributed by atoms with E-state index in [2.05, 4.69) is 26.6 Å². The number of aromatic nitrogens is 4. The minimum absolute atomic E-state index is 0.0823. The Balaban J connectivity index is 2.00. The smallest absolute Gasteiger partial charge is 0.259 e. The first-order valence-electron chi connectivity index (χ1n) is 12.5. The van der Waals surface area contributed by atoms with E-state index >= 15 is 0 Å². The zero-order valence-electron chi connectivity index (χ0n) is 23.6. The second kappa shape index (κ2) is 11.3. The quantitative estimate of drug-likeness (QED) is 0.288. The number of rotatable bonds is 7. The van der Waals surface area contributed by atoms with Gasteiger partial charge >= 0.3 is 0 Å². The van der Waals surface area contributed by atoms with Crippen LogP contribution in [0, 0.1) is 23.5 Å². The molecule has 0 aliphatic rings. The van der Waals surface area contributed by atoms with Crippen molar-refractivity contribution < 1.29 is 25.6 Å². The van der Waals surface area contributed by atoms with Crippen molar-refractivity contribution >= 4 is 48.2 Å². The normalized spacial score (nSPS) is 13.0. The number of benzene rings is 2. The van der Waals surface area contributed by atoms with Crippen molar-refractivity contribution in [2.45, 2.75) is 31.1 Å². The average molecular weight is 653 g/mol. The van der Waals surface area contributed by atoms with Crippen molar-refractivity contribution in [2.24, 2.45) is 12.8 Å². The molecule has 4 rings (SSSR count). The Bertz CT molecular complexity index is 2100. The van der Waals surface area contributed by atoms with E-state index in [0.717, 1.165) is 35.3 Å². The summed E-state index contributed by atoms with van der Waals surface area (Å²) in [7, 11) is -5.85. The van der Waals surface area contributed by atoms with E-state index < -0.39 is 47.8 Å². The summed E-state index contributed by atoms with van der Waals surface area (Å²) in [5, 5.41) is 4.54. The highest BCUT2D eigenvalue weighted by Gasteiger charge is 2.28. The summed E-state index contributed by atoms with van der Waals surface area (Å²) >= 11 is 6.43. The molecule has 16 heteroatoms. The number of aryl methyl sites for hydroxylation is 1. The predicted octanol–water partition coefficient (Wildman–Crippen LogP) is 2.84. The van der Waals surface area contributed by atoms with E-state index in [0.29, 0.717) is 6.07 Å². The molecule has 1 atom stereocenters. The number of hydrogen-bond acceptors (Lipinski definition) is 8. The van der Waals surface area contributed by atoms with Gasteiger partial charge in [-0.1, -0.05) is 17.5 Å². The van der Waals surface area contributed by atoms with Gasteiger partial charge in [0.05, 0.1) is 33.9 Å². The first kappa shape index (κ1) is 32.1. The molecule has 0 aliphatic heterocycles. The van der Waals surface area contributed by atoms with E-state index in [1.165, 1.54) is 37.7 Å². The van der Waals surface area contributed by atoms with Gasteiger partial charge in [-0.15, -0.1) is 0 Å². The molecule has 228 valence electrons. The third-order valence-electron chi connectivity index (χ3n) is 6.51. The standard InChI is InChI=1S/C27H27ClF2N6O5S2/c1-27(2,42(4,38)39)9-8-18-14-22(37)36(26(32-18)20(31)12-15-10-16(29)13-17(30)11-15)21-7-6-19(28)23-24(21)35(3)33-25(23)34-43(5,40)41/h6-7,10-11,13-14,20H,12,31H2,1-5H3,(H,33,34)/t20-/m0/s1. The molecule has 0 saturated carbocycles. The van der Waals surface area contributed by atoms with Crippen LogP contribution in [0.25, 0.3) is 16.6 Å². The van der Waals surface area contributed by atoms with Gasteiger partial charge in [-0.2, -0.15) is 5.10 Å². The molecule has 43 heavy (non-hydrogen) atoms. The van der Waals surface area contributed by atoms with E-state index in [1.807, 2.05) is 0 Å². The minimum Gasteiger partial charge on any atom is -0.321 e. The lowest BCUT2D eigenvalue weighted by Gasteiger charge is -2.19. The Morgan fingerprint density at radius 1 is 1.09 bits per heavy atom. The van der Waals surface area contributed by atoms with Gasteiger partial charge in [0.2, 0.25) is 10.0 Å². The molecule has 11 nitrogen and oxygen atoms in total. The number of fused-ring (bicyclic) bond motifs is 1. The summed E-state index contributed by atoms with van der Waals surface area (Å²) in [5.74, 6) is 3.44. The van der Waals surface area contributed by atoms with Crippen molar-refractivity contribution in [2.75, 3.05) is 17.2 Å². The molecule has 3 N–H and O–H groups in total. The first-order chi connectivity index (χ1) is 19.8. The van der Waals surface area contributed by atoms with Gasteiger partial charge in [0.25, 0.3) is 5.56 Å². The van der Waals surface area contributed by atoms with Gasteiger partial charge in [-0.25, -0.2) is 30.6 Å². The van der Waals surface area contributed by atoms with Gasteiger partial charge in [-0.05, 0) is 56.0 Å². The molecule has 0 radical (unpaired) electrons. The predicted molar refractivity (Wildman–Crippen MR) is 160 cm³/mol. The van der Waals surface area contributed by atoms with Crippen LogP contribution < -0.4 is 16.0 Å². The fourth-order valence-electron chi connectivity index (χ4n) is 4.22. The van der Waals surface area contributed by atoms with Crippen LogP contribution in [0.1, 0.15) is 37.0 Å². The van der Waals surface area contributed by atoms with Crippen molar-refractivity contribution in [1.29, 1.82) is 0 Å². The fraction of sp³-hybridized carbons (Fsp3) is 0.296. The molecule has 0 amide bonds. The zero-order chi connectivity index (χ0) is 32.1. The molecule has 0 unspecified atom stereocenters. The van der Waals surface area contributed by atoms with E-state index in [1.54, 1.807) is 0 Å². The Hall–Kier alpha value is -3.84. The molecular weight excluding hydrogens is 626 g/mol. The number of nitrogens with zero attached hydrogens (tertiary/aromatic N) is 4. The summed E-state index contributed by atoms with van der Waals surface area (Å²) in [5.41, 5.74) is 6.31. The van der Waals surface area contributed by atoms with Gasteiger partial charge in [0, 0.05) is 25.4 Å². The van der Waals surface area contributed by atoms with Crippen LogP contribution in [0.5, 0.6) is 0 Å². The van der Waals surface area contributed by atoms with Crippen LogP contribution in [-0.4, -0.2) is 53.4 Å². The van der Waals surface area contributed by atoms with Crippen molar-refractivity contribution in [3.8, 4) is 17.5 Å². The van der Waals surface area contributed by atoms with Gasteiger partial charge < -0.3 is 5.73 Å². The molecule has 4 aromatic rings. The van der Waals surface area contributed by atoms with Crippen LogP contribution in [0.15, 0.2) is 41.2 Å². The first-order valence-corrected chi connectivity index (χ1v) is 16.6. The molecule has 0 aliphatic carbocycles. The maximum Gasteiger partial charge on any atom is 0.259 e. The maximum atomic E-state index is 13.9. The number of sulfonamides is 1. The number of anilines is 1. The number of sulfone groups is 1. The lowest BCUT2D eigenvalue weighted by atomic mass is 10.0. The fourth-order valence-corrected chi connectivity index (χ4v) is 5.19. The Morgan fingerprint density at radius 3 is 2.30 bits per heavy atom. The lowest BCUT2D eigenvalue weighted by Crippen LogP contribution is -2.30. The third kappa shape index (κ3) is 6.88. The number of halogens is 3. The molecule has 0 spiro atoms. The zero-order valence-corrected chi connectivity index (χ0v) is 26.0. The van der Waals surface area contributed by atoms with E-state index in [9.17, 15) is 30.4 Å². The van der Waals surface area contributed by atoms with E-state index in [-0.39, 0.29) is 50.9 Å². The van der Waals surface area contributed by atoms with Crippen LogP contribution >= 0.6 is 11.6 Å². The number of nitrogens with one attached hydrogen (secondary N) is 1. The molecule has 2 heterocycles. The Morgan fingerprint density at radius 2 is 1.72 bits per heavy atom. The van der Waals surface area contributed by atoms with Crippen molar-refractivity contribution in [1.82, 2.24) is 19.3 Å². The molecule has 0 fully saturated rings. The number of nitrogens with two attached hydrogens (primary N) is 1. The molecule has 0 bridgehead atoms. The number of hydrogen-bond donors (Lipinski definition) is 2.